The Morgan fingerprint density at radius 2 is 1.66 bits per heavy atom. The lowest BCUT2D eigenvalue weighted by Gasteiger charge is -2.53. The van der Waals surface area contributed by atoms with E-state index in [9.17, 15) is 14.4 Å². The monoisotopic (exact) mass is 523 g/mol. The van der Waals surface area contributed by atoms with Crippen molar-refractivity contribution in [1.82, 2.24) is 15.1 Å². The van der Waals surface area contributed by atoms with Crippen LogP contribution >= 0.6 is 0 Å². The molecule has 0 radical (unpaired) electrons. The van der Waals surface area contributed by atoms with Crippen LogP contribution < -0.4 is 10.1 Å². The molecule has 0 bridgehead atoms. The second kappa shape index (κ2) is 12.9. The summed E-state index contributed by atoms with van der Waals surface area (Å²) in [6, 6.07) is 14.0. The molecule has 2 atom stereocenters. The summed E-state index contributed by atoms with van der Waals surface area (Å²) in [5.41, 5.74) is 1.77. The number of hydrogen-bond acceptors (Lipinski definition) is 6. The summed E-state index contributed by atoms with van der Waals surface area (Å²) in [5.74, 6) is -0.168. The Balaban J connectivity index is 1.75. The van der Waals surface area contributed by atoms with E-state index in [1.54, 1.807) is 24.3 Å². The first-order valence-electron chi connectivity index (χ1n) is 13.5. The zero-order valence-corrected chi connectivity index (χ0v) is 23.5. The maximum absolute atomic E-state index is 13.4. The van der Waals surface area contributed by atoms with Gasteiger partial charge >= 0.3 is 12.0 Å². The van der Waals surface area contributed by atoms with Gasteiger partial charge in [0.2, 0.25) is 5.91 Å². The van der Waals surface area contributed by atoms with E-state index in [1.165, 1.54) is 4.90 Å². The lowest BCUT2D eigenvalue weighted by Crippen LogP contribution is -2.73. The molecule has 1 heterocycles. The van der Waals surface area contributed by atoms with Gasteiger partial charge in [0.25, 0.3) is 0 Å². The fraction of sp³-hybridized carbons (Fsp3) is 0.500. The second-order valence-corrected chi connectivity index (χ2v) is 10.2. The van der Waals surface area contributed by atoms with Crippen LogP contribution in [0.4, 0.5) is 4.79 Å². The standard InChI is InChI=1S/C30H41N3O5/c1-7-10-25(22-13-11-21(4)12-14-22)31-29(36)33-27(35)30(8-2,9-3)28(33)38-24-17-15-23(16-18-24)26(34)37-20-19-32(5)6/h11-18,25,28H,7-10,19-20H2,1-6H3,(H,31,36)/t25-,28+/m1/s1. The van der Waals surface area contributed by atoms with Crippen molar-refractivity contribution < 1.29 is 23.9 Å². The summed E-state index contributed by atoms with van der Waals surface area (Å²) < 4.78 is 11.5. The van der Waals surface area contributed by atoms with Crippen LogP contribution in [0.15, 0.2) is 48.5 Å². The van der Waals surface area contributed by atoms with Crippen LogP contribution in [0.1, 0.15) is 74.0 Å². The highest BCUT2D eigenvalue weighted by atomic mass is 16.5. The highest BCUT2D eigenvalue weighted by Gasteiger charge is 2.63. The lowest BCUT2D eigenvalue weighted by molar-refractivity contribution is -0.191. The third-order valence-electron chi connectivity index (χ3n) is 7.30. The number of esters is 1. The SMILES string of the molecule is CCC[C@@H](NC(=O)N1C(=O)C(CC)(CC)[C@@H]1Oc1ccc(C(=O)OCCN(C)C)cc1)c1ccc(C)cc1. The number of nitrogens with zero attached hydrogens (tertiary/aromatic N) is 2. The Hall–Kier alpha value is -3.39. The van der Waals surface area contributed by atoms with Crippen molar-refractivity contribution in [1.29, 1.82) is 0 Å². The topological polar surface area (TPSA) is 88.2 Å². The first kappa shape index (κ1) is 29.2. The number of carbonyl (C=O) groups is 3. The number of hydrogen-bond donors (Lipinski definition) is 1. The number of benzene rings is 2. The first-order chi connectivity index (χ1) is 18.2. The predicted molar refractivity (Wildman–Crippen MR) is 147 cm³/mol. The molecule has 8 heteroatoms. The Labute approximate surface area is 226 Å². The minimum atomic E-state index is -0.786. The van der Waals surface area contributed by atoms with Crippen molar-refractivity contribution in [2.45, 2.75) is 65.6 Å². The van der Waals surface area contributed by atoms with Gasteiger partial charge < -0.3 is 19.7 Å². The molecular formula is C30H41N3O5. The van der Waals surface area contributed by atoms with Crippen molar-refractivity contribution >= 4 is 17.9 Å². The number of aryl methyl sites for hydroxylation is 1. The summed E-state index contributed by atoms with van der Waals surface area (Å²) in [6.07, 6.45) is 1.97. The number of likely N-dealkylation sites (tertiary alicyclic amines) is 1. The summed E-state index contributed by atoms with van der Waals surface area (Å²) in [5, 5.41) is 3.06. The first-order valence-corrected chi connectivity index (χ1v) is 13.5. The number of ether oxygens (including phenoxy) is 2. The van der Waals surface area contributed by atoms with Crippen LogP contribution in [-0.2, 0) is 9.53 Å². The molecule has 3 amide bonds. The summed E-state index contributed by atoms with van der Waals surface area (Å²) in [4.78, 5) is 42.2. The van der Waals surface area contributed by atoms with Crippen LogP contribution in [0.5, 0.6) is 5.75 Å². The van der Waals surface area contributed by atoms with Crippen LogP contribution in [0, 0.1) is 12.3 Å². The number of amides is 3. The Morgan fingerprint density at radius 1 is 1.03 bits per heavy atom. The number of likely N-dealkylation sites (N-methyl/N-ethyl adjacent to an activating group) is 1. The average Bonchev–Trinajstić information content (AvgIpc) is 2.89. The molecule has 8 nitrogen and oxygen atoms in total. The molecule has 1 N–H and O–H groups in total. The van der Waals surface area contributed by atoms with E-state index in [0.29, 0.717) is 37.3 Å². The van der Waals surface area contributed by atoms with Crippen LogP contribution in [0.2, 0.25) is 0 Å². The minimum Gasteiger partial charge on any atom is -0.469 e. The molecule has 0 aromatic heterocycles. The largest absolute Gasteiger partial charge is 0.469 e. The van der Waals surface area contributed by atoms with Gasteiger partial charge in [-0.1, -0.05) is 57.0 Å². The normalized spacial score (nSPS) is 17.1. The molecule has 2 aromatic carbocycles. The number of rotatable bonds is 12. The molecule has 3 rings (SSSR count). The Kier molecular flexibility index (Phi) is 9.91. The quantitative estimate of drug-likeness (QED) is 0.299. The molecule has 1 fully saturated rings. The van der Waals surface area contributed by atoms with E-state index >= 15 is 0 Å². The maximum atomic E-state index is 13.4. The fourth-order valence-electron chi connectivity index (χ4n) is 4.73. The smallest absolute Gasteiger partial charge is 0.338 e. The molecule has 1 aliphatic rings. The molecule has 0 spiro atoms. The maximum Gasteiger partial charge on any atom is 0.338 e. The molecule has 0 unspecified atom stereocenters. The number of urea groups is 1. The summed E-state index contributed by atoms with van der Waals surface area (Å²) in [7, 11) is 3.82. The third kappa shape index (κ3) is 6.35. The van der Waals surface area contributed by atoms with Crippen LogP contribution in [-0.4, -0.2) is 61.2 Å². The van der Waals surface area contributed by atoms with Gasteiger partial charge in [-0.15, -0.1) is 0 Å². The number of carbonyl (C=O) groups excluding carboxylic acids is 3. The van der Waals surface area contributed by atoms with E-state index in [-0.39, 0.29) is 11.9 Å². The van der Waals surface area contributed by atoms with E-state index in [0.717, 1.165) is 24.0 Å². The van der Waals surface area contributed by atoms with Gasteiger partial charge in [0.05, 0.1) is 11.6 Å². The fourth-order valence-corrected chi connectivity index (χ4v) is 4.73. The van der Waals surface area contributed by atoms with Gasteiger partial charge in [-0.2, -0.15) is 0 Å². The van der Waals surface area contributed by atoms with Crippen LogP contribution in [0.25, 0.3) is 0 Å². The summed E-state index contributed by atoms with van der Waals surface area (Å²) >= 11 is 0. The van der Waals surface area contributed by atoms with Crippen molar-refractivity contribution in [3.05, 3.63) is 65.2 Å². The van der Waals surface area contributed by atoms with Crippen molar-refractivity contribution in [3.8, 4) is 5.75 Å². The molecule has 206 valence electrons. The van der Waals surface area contributed by atoms with E-state index in [2.05, 4.69) is 12.2 Å². The average molecular weight is 524 g/mol. The van der Waals surface area contributed by atoms with Gasteiger partial charge in [0.1, 0.15) is 17.8 Å². The van der Waals surface area contributed by atoms with E-state index < -0.39 is 23.6 Å². The Morgan fingerprint density at radius 3 is 2.21 bits per heavy atom. The number of nitrogens with one attached hydrogen (secondary N) is 1. The molecule has 1 aliphatic heterocycles. The third-order valence-corrected chi connectivity index (χ3v) is 7.30. The van der Waals surface area contributed by atoms with Gasteiger partial charge in [0, 0.05) is 6.54 Å². The molecule has 0 aliphatic carbocycles. The van der Waals surface area contributed by atoms with Gasteiger partial charge in [-0.05, 0) is 70.1 Å². The highest BCUT2D eigenvalue weighted by Crippen LogP contribution is 2.46. The number of imide groups is 1. The molecule has 38 heavy (non-hydrogen) atoms. The van der Waals surface area contributed by atoms with Gasteiger partial charge in [0.15, 0.2) is 6.23 Å². The second-order valence-electron chi connectivity index (χ2n) is 10.2. The molecule has 2 aromatic rings. The Bertz CT molecular complexity index is 1090. The van der Waals surface area contributed by atoms with Gasteiger partial charge in [-0.3, -0.25) is 4.79 Å². The zero-order chi connectivity index (χ0) is 27.9. The molecule has 1 saturated heterocycles. The molecular weight excluding hydrogens is 482 g/mol. The van der Waals surface area contributed by atoms with Crippen molar-refractivity contribution in [2.75, 3.05) is 27.2 Å². The van der Waals surface area contributed by atoms with E-state index in [4.69, 9.17) is 9.47 Å². The summed E-state index contributed by atoms with van der Waals surface area (Å²) in [6.45, 7) is 8.90. The predicted octanol–water partition coefficient (Wildman–Crippen LogP) is 5.32. The van der Waals surface area contributed by atoms with E-state index in [1.807, 2.05) is 64.0 Å². The molecule has 0 saturated carbocycles. The van der Waals surface area contributed by atoms with Crippen molar-refractivity contribution in [2.24, 2.45) is 5.41 Å². The zero-order valence-electron chi connectivity index (χ0n) is 23.5. The lowest BCUT2D eigenvalue weighted by atomic mass is 9.72. The van der Waals surface area contributed by atoms with Crippen molar-refractivity contribution in [3.63, 3.8) is 0 Å². The number of β-lactam (4-membered cyclic amide) rings is 1. The minimum absolute atomic E-state index is 0.211. The van der Waals surface area contributed by atoms with Crippen LogP contribution in [0.3, 0.4) is 0 Å². The highest BCUT2D eigenvalue weighted by molar-refractivity contribution is 6.03. The van der Waals surface area contributed by atoms with Gasteiger partial charge in [-0.25, -0.2) is 14.5 Å².